The lowest BCUT2D eigenvalue weighted by molar-refractivity contribution is 0.581. The lowest BCUT2D eigenvalue weighted by Gasteiger charge is -2.10. The minimum absolute atomic E-state index is 0.0702. The number of rotatable bonds is 5. The van der Waals surface area contributed by atoms with E-state index in [9.17, 15) is 12.8 Å². The van der Waals surface area contributed by atoms with Gasteiger partial charge >= 0.3 is 0 Å². The summed E-state index contributed by atoms with van der Waals surface area (Å²) in [6.45, 7) is 2.02. The van der Waals surface area contributed by atoms with Gasteiger partial charge in [-0.2, -0.15) is 0 Å². The van der Waals surface area contributed by atoms with E-state index in [4.69, 9.17) is 5.73 Å². The molecule has 0 aromatic heterocycles. The predicted octanol–water partition coefficient (Wildman–Crippen LogP) is 2.24. The van der Waals surface area contributed by atoms with Crippen molar-refractivity contribution < 1.29 is 12.8 Å². The van der Waals surface area contributed by atoms with Gasteiger partial charge in [0.15, 0.2) is 0 Å². The summed E-state index contributed by atoms with van der Waals surface area (Å²) in [6.07, 6.45) is 0.484. The van der Waals surface area contributed by atoms with Crippen LogP contribution < -0.4 is 10.5 Å². The van der Waals surface area contributed by atoms with Crippen LogP contribution in [0.25, 0.3) is 0 Å². The first-order chi connectivity index (χ1) is 9.90. The third kappa shape index (κ3) is 3.80. The van der Waals surface area contributed by atoms with E-state index < -0.39 is 10.0 Å². The molecule has 0 fully saturated rings. The van der Waals surface area contributed by atoms with Crippen LogP contribution in [0.1, 0.15) is 11.1 Å². The molecule has 0 heterocycles. The minimum Gasteiger partial charge on any atom is -0.398 e. The summed E-state index contributed by atoms with van der Waals surface area (Å²) in [5, 5.41) is 0. The highest BCUT2D eigenvalue weighted by molar-refractivity contribution is 7.89. The number of nitrogens with two attached hydrogens (primary N) is 1. The molecule has 0 unspecified atom stereocenters. The SMILES string of the molecule is Cc1cc(F)ccc1CCNS(=O)(=O)c1ccccc1N. The Hall–Kier alpha value is -1.92. The van der Waals surface area contributed by atoms with Gasteiger partial charge in [0.05, 0.1) is 5.69 Å². The predicted molar refractivity (Wildman–Crippen MR) is 80.9 cm³/mol. The maximum absolute atomic E-state index is 13.0. The smallest absolute Gasteiger partial charge is 0.242 e. The van der Waals surface area contributed by atoms with Crippen molar-refractivity contribution in [1.29, 1.82) is 0 Å². The minimum atomic E-state index is -3.63. The van der Waals surface area contributed by atoms with Gasteiger partial charge in [-0.1, -0.05) is 18.2 Å². The molecular weight excluding hydrogens is 291 g/mol. The highest BCUT2D eigenvalue weighted by Crippen LogP contribution is 2.17. The van der Waals surface area contributed by atoms with Crippen molar-refractivity contribution in [1.82, 2.24) is 4.72 Å². The number of benzene rings is 2. The molecular formula is C15H17FN2O2S. The third-order valence-electron chi connectivity index (χ3n) is 3.20. The van der Waals surface area contributed by atoms with Crippen molar-refractivity contribution in [2.45, 2.75) is 18.2 Å². The van der Waals surface area contributed by atoms with Crippen molar-refractivity contribution in [2.75, 3.05) is 12.3 Å². The topological polar surface area (TPSA) is 72.2 Å². The molecule has 0 saturated heterocycles. The standard InChI is InChI=1S/C15H17FN2O2S/c1-11-10-13(16)7-6-12(11)8-9-18-21(19,20)15-5-3-2-4-14(15)17/h2-7,10,18H,8-9,17H2,1H3. The van der Waals surface area contributed by atoms with Gasteiger partial charge in [0.1, 0.15) is 10.7 Å². The Balaban J connectivity index is 2.04. The van der Waals surface area contributed by atoms with Gasteiger partial charge in [0, 0.05) is 6.54 Å². The number of aryl methyl sites for hydroxylation is 1. The summed E-state index contributed by atoms with van der Waals surface area (Å²) in [5.41, 5.74) is 7.58. The second kappa shape index (κ2) is 6.24. The maximum Gasteiger partial charge on any atom is 0.242 e. The Morgan fingerprint density at radius 3 is 2.57 bits per heavy atom. The van der Waals surface area contributed by atoms with Gasteiger partial charge in [-0.05, 0) is 48.7 Å². The van der Waals surface area contributed by atoms with Crippen LogP contribution in [-0.2, 0) is 16.4 Å². The Morgan fingerprint density at radius 2 is 1.90 bits per heavy atom. The number of para-hydroxylation sites is 1. The zero-order chi connectivity index (χ0) is 15.5. The largest absolute Gasteiger partial charge is 0.398 e. The van der Waals surface area contributed by atoms with Gasteiger partial charge in [0.25, 0.3) is 0 Å². The number of anilines is 1. The van der Waals surface area contributed by atoms with Crippen molar-refractivity contribution in [2.24, 2.45) is 0 Å². The van der Waals surface area contributed by atoms with E-state index in [0.717, 1.165) is 11.1 Å². The summed E-state index contributed by atoms with van der Waals surface area (Å²) in [6, 6.07) is 10.8. The van der Waals surface area contributed by atoms with Crippen LogP contribution in [0, 0.1) is 12.7 Å². The van der Waals surface area contributed by atoms with E-state index in [1.165, 1.54) is 18.2 Å². The Labute approximate surface area is 123 Å². The second-order valence-electron chi connectivity index (χ2n) is 4.76. The molecule has 0 amide bonds. The average molecular weight is 308 g/mol. The molecule has 0 spiro atoms. The maximum atomic E-state index is 13.0. The lowest BCUT2D eigenvalue weighted by Crippen LogP contribution is -2.26. The fourth-order valence-corrected chi connectivity index (χ4v) is 3.23. The van der Waals surface area contributed by atoms with Crippen molar-refractivity contribution >= 4 is 15.7 Å². The van der Waals surface area contributed by atoms with Gasteiger partial charge in [-0.25, -0.2) is 17.5 Å². The zero-order valence-electron chi connectivity index (χ0n) is 11.6. The van der Waals surface area contributed by atoms with Crippen molar-refractivity contribution in [3.63, 3.8) is 0 Å². The molecule has 21 heavy (non-hydrogen) atoms. The molecule has 2 aromatic carbocycles. The van der Waals surface area contributed by atoms with Crippen LogP contribution >= 0.6 is 0 Å². The molecule has 0 aliphatic heterocycles. The fraction of sp³-hybridized carbons (Fsp3) is 0.200. The van der Waals surface area contributed by atoms with Crippen LogP contribution in [0.4, 0.5) is 10.1 Å². The van der Waals surface area contributed by atoms with E-state index >= 15 is 0 Å². The van der Waals surface area contributed by atoms with Crippen molar-refractivity contribution in [3.8, 4) is 0 Å². The van der Waals surface area contributed by atoms with E-state index in [1.54, 1.807) is 31.2 Å². The molecule has 0 bridgehead atoms. The quantitative estimate of drug-likeness (QED) is 0.832. The Bertz CT molecular complexity index is 745. The summed E-state index contributed by atoms with van der Waals surface area (Å²) in [5.74, 6) is -0.297. The molecule has 0 aliphatic carbocycles. The number of hydrogen-bond acceptors (Lipinski definition) is 3. The second-order valence-corrected chi connectivity index (χ2v) is 6.49. The lowest BCUT2D eigenvalue weighted by atomic mass is 10.1. The first-order valence-electron chi connectivity index (χ1n) is 6.49. The number of halogens is 1. The first kappa shape index (κ1) is 15.5. The summed E-state index contributed by atoms with van der Waals surface area (Å²) in [7, 11) is -3.63. The van der Waals surface area contributed by atoms with Gasteiger partial charge < -0.3 is 5.73 Å². The number of nitrogens with one attached hydrogen (secondary N) is 1. The van der Waals surface area contributed by atoms with Gasteiger partial charge in [-0.3, -0.25) is 0 Å². The number of sulfonamides is 1. The molecule has 112 valence electrons. The molecule has 4 nitrogen and oxygen atoms in total. The highest BCUT2D eigenvalue weighted by atomic mass is 32.2. The number of nitrogen functional groups attached to an aromatic ring is 1. The summed E-state index contributed by atoms with van der Waals surface area (Å²) in [4.78, 5) is 0.0702. The molecule has 0 atom stereocenters. The average Bonchev–Trinajstić information content (AvgIpc) is 2.41. The molecule has 0 radical (unpaired) electrons. The van der Waals surface area contributed by atoms with Gasteiger partial charge in [0.2, 0.25) is 10.0 Å². The van der Waals surface area contributed by atoms with Crippen LogP contribution in [0.5, 0.6) is 0 Å². The molecule has 2 rings (SSSR count). The van der Waals surface area contributed by atoms with Crippen LogP contribution in [-0.4, -0.2) is 15.0 Å². The van der Waals surface area contributed by atoms with E-state index in [2.05, 4.69) is 4.72 Å². The first-order valence-corrected chi connectivity index (χ1v) is 7.97. The van der Waals surface area contributed by atoms with Crippen LogP contribution in [0.2, 0.25) is 0 Å². The van der Waals surface area contributed by atoms with Gasteiger partial charge in [-0.15, -0.1) is 0 Å². The van der Waals surface area contributed by atoms with Crippen LogP contribution in [0.15, 0.2) is 47.4 Å². The summed E-state index contributed by atoms with van der Waals surface area (Å²) < 4.78 is 39.8. The molecule has 0 aliphatic rings. The Kier molecular flexibility index (Phi) is 4.59. The normalized spacial score (nSPS) is 11.5. The zero-order valence-corrected chi connectivity index (χ0v) is 12.5. The van der Waals surface area contributed by atoms with Crippen molar-refractivity contribution in [3.05, 3.63) is 59.4 Å². The fourth-order valence-electron chi connectivity index (χ4n) is 2.06. The van der Waals surface area contributed by atoms with Crippen LogP contribution in [0.3, 0.4) is 0 Å². The highest BCUT2D eigenvalue weighted by Gasteiger charge is 2.16. The molecule has 2 aromatic rings. The molecule has 3 N–H and O–H groups in total. The number of hydrogen-bond donors (Lipinski definition) is 2. The monoisotopic (exact) mass is 308 g/mol. The summed E-state index contributed by atoms with van der Waals surface area (Å²) >= 11 is 0. The Morgan fingerprint density at radius 1 is 1.19 bits per heavy atom. The van der Waals surface area contributed by atoms with E-state index in [0.29, 0.717) is 6.42 Å². The molecule has 0 saturated carbocycles. The van der Waals surface area contributed by atoms with E-state index in [1.807, 2.05) is 0 Å². The molecule has 6 heteroatoms. The van der Waals surface area contributed by atoms with E-state index in [-0.39, 0.29) is 22.9 Å². The third-order valence-corrected chi connectivity index (χ3v) is 4.73.